The quantitative estimate of drug-likeness (QED) is 0.508. The van der Waals surface area contributed by atoms with Gasteiger partial charge in [-0.05, 0) is 24.5 Å². The minimum atomic E-state index is -0.189. The second kappa shape index (κ2) is 6.43. The number of ether oxygens (including phenoxy) is 1. The van der Waals surface area contributed by atoms with E-state index in [-0.39, 0.29) is 5.56 Å². The van der Waals surface area contributed by atoms with Crippen LogP contribution in [-0.2, 0) is 0 Å². The predicted molar refractivity (Wildman–Crippen MR) is 95.7 cm³/mol. The summed E-state index contributed by atoms with van der Waals surface area (Å²) in [4.78, 5) is 17.5. The van der Waals surface area contributed by atoms with Gasteiger partial charge in [-0.3, -0.25) is 9.36 Å². The molecule has 1 heterocycles. The Kier molecular flexibility index (Phi) is 4.53. The van der Waals surface area contributed by atoms with E-state index in [4.69, 9.17) is 27.9 Å². The summed E-state index contributed by atoms with van der Waals surface area (Å²) in [6.45, 7) is 0. The van der Waals surface area contributed by atoms with Gasteiger partial charge in [0.25, 0.3) is 5.56 Å². The van der Waals surface area contributed by atoms with E-state index in [1.165, 1.54) is 23.4 Å². The highest BCUT2D eigenvalue weighted by Gasteiger charge is 2.16. The molecule has 0 aliphatic rings. The van der Waals surface area contributed by atoms with E-state index in [9.17, 15) is 4.79 Å². The largest absolute Gasteiger partial charge is 0.495 e. The molecule has 0 aliphatic heterocycles. The van der Waals surface area contributed by atoms with Crippen molar-refractivity contribution in [3.05, 3.63) is 56.8 Å². The van der Waals surface area contributed by atoms with E-state index in [2.05, 4.69) is 4.98 Å². The van der Waals surface area contributed by atoms with Gasteiger partial charge in [-0.1, -0.05) is 47.1 Å². The van der Waals surface area contributed by atoms with Crippen molar-refractivity contribution >= 4 is 45.9 Å². The van der Waals surface area contributed by atoms with Gasteiger partial charge in [-0.2, -0.15) is 0 Å². The SMILES string of the molecule is COc1cc(-n2c(SC)nc3ccccc3c2=O)c(Cl)cc1Cl. The molecule has 0 spiro atoms. The Hall–Kier alpha value is -1.69. The first kappa shape index (κ1) is 16.2. The first-order valence-corrected chi connectivity index (χ1v) is 8.64. The summed E-state index contributed by atoms with van der Waals surface area (Å²) in [5.41, 5.74) is 0.946. The van der Waals surface area contributed by atoms with Gasteiger partial charge in [0, 0.05) is 6.07 Å². The molecule has 4 nitrogen and oxygen atoms in total. The Bertz CT molecular complexity index is 957. The number of nitrogens with zero attached hydrogens (tertiary/aromatic N) is 2. The minimum absolute atomic E-state index is 0.189. The van der Waals surface area contributed by atoms with Crippen LogP contribution in [0.1, 0.15) is 0 Å². The molecule has 0 unspecified atom stereocenters. The van der Waals surface area contributed by atoms with Crippen molar-refractivity contribution in [3.8, 4) is 11.4 Å². The van der Waals surface area contributed by atoms with Gasteiger partial charge in [-0.15, -0.1) is 0 Å². The zero-order valence-electron chi connectivity index (χ0n) is 12.3. The highest BCUT2D eigenvalue weighted by Crippen LogP contribution is 2.34. The Morgan fingerprint density at radius 2 is 1.91 bits per heavy atom. The zero-order valence-corrected chi connectivity index (χ0v) is 14.7. The minimum Gasteiger partial charge on any atom is -0.495 e. The van der Waals surface area contributed by atoms with Gasteiger partial charge in [-0.25, -0.2) is 4.98 Å². The number of thioether (sulfide) groups is 1. The van der Waals surface area contributed by atoms with Crippen LogP contribution < -0.4 is 10.3 Å². The van der Waals surface area contributed by atoms with Crippen LogP contribution in [0.4, 0.5) is 0 Å². The molecule has 0 saturated carbocycles. The number of hydrogen-bond acceptors (Lipinski definition) is 4. The van der Waals surface area contributed by atoms with E-state index in [0.29, 0.717) is 37.5 Å². The number of para-hydroxylation sites is 1. The third-order valence-corrected chi connectivity index (χ3v) is 4.63. The lowest BCUT2D eigenvalue weighted by atomic mass is 10.2. The first-order valence-electron chi connectivity index (χ1n) is 6.66. The van der Waals surface area contributed by atoms with Crippen LogP contribution in [0.15, 0.2) is 46.3 Å². The highest BCUT2D eigenvalue weighted by atomic mass is 35.5. The van der Waals surface area contributed by atoms with E-state index in [0.717, 1.165) is 0 Å². The fraction of sp³-hybridized carbons (Fsp3) is 0.125. The van der Waals surface area contributed by atoms with Gasteiger partial charge in [0.15, 0.2) is 5.16 Å². The smallest absolute Gasteiger partial charge is 0.266 e. The second-order valence-corrected chi connectivity index (χ2v) is 6.28. The average Bonchev–Trinajstić information content (AvgIpc) is 2.56. The predicted octanol–water partition coefficient (Wildman–Crippen LogP) is 4.42. The molecule has 0 radical (unpaired) electrons. The monoisotopic (exact) mass is 366 g/mol. The number of halogens is 2. The fourth-order valence-corrected chi connectivity index (χ4v) is 3.41. The molecule has 0 bridgehead atoms. The molecule has 0 saturated heterocycles. The van der Waals surface area contributed by atoms with E-state index in [1.807, 2.05) is 18.4 Å². The summed E-state index contributed by atoms with van der Waals surface area (Å²) in [6.07, 6.45) is 1.86. The summed E-state index contributed by atoms with van der Waals surface area (Å²) in [5, 5.41) is 1.80. The van der Waals surface area contributed by atoms with Crippen LogP contribution in [-0.4, -0.2) is 22.9 Å². The molecule has 118 valence electrons. The first-order chi connectivity index (χ1) is 11.1. The topological polar surface area (TPSA) is 44.1 Å². The van der Waals surface area contributed by atoms with Crippen molar-refractivity contribution in [2.24, 2.45) is 0 Å². The lowest BCUT2D eigenvalue weighted by molar-refractivity contribution is 0.414. The standard InChI is InChI=1S/C16H12Cl2N2O2S/c1-22-14-8-13(10(17)7-11(14)18)20-15(21)9-5-3-4-6-12(9)19-16(20)23-2/h3-8H,1-2H3. The third-order valence-electron chi connectivity index (χ3n) is 3.39. The molecule has 0 atom stereocenters. The van der Waals surface area contributed by atoms with E-state index >= 15 is 0 Å². The highest BCUT2D eigenvalue weighted by molar-refractivity contribution is 7.98. The fourth-order valence-electron chi connectivity index (χ4n) is 2.31. The summed E-state index contributed by atoms with van der Waals surface area (Å²) in [7, 11) is 1.51. The van der Waals surface area contributed by atoms with Crippen LogP contribution in [0.5, 0.6) is 5.75 Å². The third kappa shape index (κ3) is 2.80. The molecule has 2 aromatic carbocycles. The Morgan fingerprint density at radius 1 is 1.17 bits per heavy atom. The summed E-state index contributed by atoms with van der Waals surface area (Å²) in [5.74, 6) is 0.443. The molecule has 0 N–H and O–H groups in total. The van der Waals surface area contributed by atoms with Crippen molar-refractivity contribution in [1.82, 2.24) is 9.55 Å². The van der Waals surface area contributed by atoms with Gasteiger partial charge < -0.3 is 4.74 Å². The van der Waals surface area contributed by atoms with Crippen LogP contribution in [0.2, 0.25) is 10.0 Å². The molecular formula is C16H12Cl2N2O2S. The van der Waals surface area contributed by atoms with Crippen molar-refractivity contribution in [2.45, 2.75) is 5.16 Å². The molecule has 0 amide bonds. The molecule has 7 heteroatoms. The Labute approximate surface area is 147 Å². The number of rotatable bonds is 3. The maximum atomic E-state index is 12.9. The van der Waals surface area contributed by atoms with Gasteiger partial charge in [0.2, 0.25) is 0 Å². The molecule has 3 aromatic rings. The number of aromatic nitrogens is 2. The normalized spacial score (nSPS) is 11.0. The summed E-state index contributed by atoms with van der Waals surface area (Å²) in [6, 6.07) is 10.4. The van der Waals surface area contributed by atoms with Gasteiger partial charge in [0.05, 0.1) is 33.7 Å². The van der Waals surface area contributed by atoms with Crippen molar-refractivity contribution in [3.63, 3.8) is 0 Å². The number of benzene rings is 2. The molecule has 0 aliphatic carbocycles. The lowest BCUT2D eigenvalue weighted by Crippen LogP contribution is -2.22. The van der Waals surface area contributed by atoms with Crippen LogP contribution in [0.25, 0.3) is 16.6 Å². The number of hydrogen-bond donors (Lipinski definition) is 0. The van der Waals surface area contributed by atoms with Crippen LogP contribution in [0, 0.1) is 0 Å². The number of methoxy groups -OCH3 is 1. The Morgan fingerprint density at radius 3 is 2.61 bits per heavy atom. The summed E-state index contributed by atoms with van der Waals surface area (Å²) < 4.78 is 6.71. The Balaban J connectivity index is 2.40. The molecule has 3 rings (SSSR count). The number of fused-ring (bicyclic) bond motifs is 1. The van der Waals surface area contributed by atoms with Gasteiger partial charge in [0.1, 0.15) is 5.75 Å². The van der Waals surface area contributed by atoms with Crippen LogP contribution in [0.3, 0.4) is 0 Å². The molecule has 23 heavy (non-hydrogen) atoms. The molecule has 1 aromatic heterocycles. The maximum Gasteiger partial charge on any atom is 0.266 e. The molecule has 0 fully saturated rings. The van der Waals surface area contributed by atoms with Crippen molar-refractivity contribution in [2.75, 3.05) is 13.4 Å². The summed E-state index contributed by atoms with van der Waals surface area (Å²) >= 11 is 13.8. The maximum absolute atomic E-state index is 12.9. The van der Waals surface area contributed by atoms with Crippen molar-refractivity contribution < 1.29 is 4.74 Å². The second-order valence-electron chi connectivity index (χ2n) is 4.69. The molecular weight excluding hydrogens is 355 g/mol. The zero-order chi connectivity index (χ0) is 16.6. The van der Waals surface area contributed by atoms with Crippen molar-refractivity contribution in [1.29, 1.82) is 0 Å². The van der Waals surface area contributed by atoms with Crippen LogP contribution >= 0.6 is 35.0 Å². The van der Waals surface area contributed by atoms with E-state index in [1.54, 1.807) is 24.3 Å². The van der Waals surface area contributed by atoms with Gasteiger partial charge >= 0.3 is 0 Å². The average molecular weight is 367 g/mol. The lowest BCUT2D eigenvalue weighted by Gasteiger charge is -2.15. The van der Waals surface area contributed by atoms with E-state index < -0.39 is 0 Å².